The minimum absolute atomic E-state index is 0.166. The van der Waals surface area contributed by atoms with E-state index in [1.54, 1.807) is 0 Å². The summed E-state index contributed by atoms with van der Waals surface area (Å²) >= 11 is 1.48. The number of nitrogens with one attached hydrogen (secondary N) is 2. The lowest BCUT2D eigenvalue weighted by molar-refractivity contribution is -0.118. The summed E-state index contributed by atoms with van der Waals surface area (Å²) in [5.74, 6) is 0.370. The number of carbonyl (C=O) groups is 1. The van der Waals surface area contributed by atoms with Gasteiger partial charge in [0.15, 0.2) is 0 Å². The van der Waals surface area contributed by atoms with Gasteiger partial charge in [0.1, 0.15) is 0 Å². The molecule has 1 spiro atoms. The van der Waals surface area contributed by atoms with Crippen molar-refractivity contribution < 1.29 is 4.79 Å². The quantitative estimate of drug-likeness (QED) is 0.865. The zero-order valence-corrected chi connectivity index (χ0v) is 10.6. The first-order chi connectivity index (χ1) is 8.77. The molecule has 1 aromatic heterocycles. The summed E-state index contributed by atoms with van der Waals surface area (Å²) in [4.78, 5) is 12.1. The fourth-order valence-corrected chi connectivity index (χ4v) is 3.36. The maximum absolute atomic E-state index is 12.1. The van der Waals surface area contributed by atoms with Gasteiger partial charge in [-0.3, -0.25) is 4.79 Å². The first-order valence-corrected chi connectivity index (χ1v) is 6.90. The van der Waals surface area contributed by atoms with Crippen LogP contribution in [0.25, 0.3) is 10.1 Å². The molecule has 1 aromatic carbocycles. The minimum Gasteiger partial charge on any atom is -0.326 e. The number of aromatic nitrogens is 1. The Morgan fingerprint density at radius 3 is 3.11 bits per heavy atom. The van der Waals surface area contributed by atoms with Crippen LogP contribution < -0.4 is 10.6 Å². The number of anilines is 1. The van der Waals surface area contributed by atoms with Crippen LogP contribution in [0.3, 0.4) is 0 Å². The molecule has 5 heteroatoms. The molecule has 1 amide bonds. The second kappa shape index (κ2) is 3.52. The smallest absolute Gasteiger partial charge is 0.228 e. The van der Waals surface area contributed by atoms with Gasteiger partial charge in [-0.1, -0.05) is 0 Å². The van der Waals surface area contributed by atoms with Crippen LogP contribution in [0.5, 0.6) is 0 Å². The van der Waals surface area contributed by atoms with Gasteiger partial charge < -0.3 is 10.6 Å². The van der Waals surface area contributed by atoms with Crippen LogP contribution in [0.2, 0.25) is 0 Å². The van der Waals surface area contributed by atoms with Crippen molar-refractivity contribution in [1.29, 1.82) is 0 Å². The second-order valence-corrected chi connectivity index (χ2v) is 6.12. The zero-order valence-electron chi connectivity index (χ0n) is 9.77. The predicted octanol–water partition coefficient (Wildman–Crippen LogP) is 1.84. The molecule has 92 valence electrons. The van der Waals surface area contributed by atoms with Crippen LogP contribution >= 0.6 is 11.5 Å². The highest BCUT2D eigenvalue weighted by Crippen LogP contribution is 2.55. The average Bonchev–Trinajstić information content (AvgIpc) is 2.94. The molecule has 0 bridgehead atoms. The molecule has 18 heavy (non-hydrogen) atoms. The van der Waals surface area contributed by atoms with E-state index in [4.69, 9.17) is 0 Å². The second-order valence-electron chi connectivity index (χ2n) is 5.29. The normalized spacial score (nSPS) is 23.9. The van der Waals surface area contributed by atoms with Gasteiger partial charge in [0.25, 0.3) is 0 Å². The molecule has 2 heterocycles. The van der Waals surface area contributed by atoms with E-state index in [9.17, 15) is 4.79 Å². The van der Waals surface area contributed by atoms with Crippen molar-refractivity contribution in [3.63, 3.8) is 0 Å². The predicted molar refractivity (Wildman–Crippen MR) is 71.7 cm³/mol. The van der Waals surface area contributed by atoms with E-state index in [2.05, 4.69) is 15.0 Å². The molecular formula is C13H13N3OS. The van der Waals surface area contributed by atoms with Crippen LogP contribution in [0, 0.1) is 11.3 Å². The Hall–Kier alpha value is -1.46. The van der Waals surface area contributed by atoms with Crippen molar-refractivity contribution in [2.24, 2.45) is 11.3 Å². The molecule has 2 aliphatic rings. The van der Waals surface area contributed by atoms with Crippen molar-refractivity contribution in [2.75, 3.05) is 18.4 Å². The first-order valence-electron chi connectivity index (χ1n) is 6.13. The standard InChI is InChI=1S/C13H13N3OS/c17-12(10-4-13(10)6-14-7-13)16-9-1-2-11-8(3-9)5-15-18-11/h1-3,5,10,14H,4,6-7H2,(H,16,17). The lowest BCUT2D eigenvalue weighted by Gasteiger charge is -2.28. The Balaban J connectivity index is 1.52. The van der Waals surface area contributed by atoms with Crippen LogP contribution in [0.1, 0.15) is 6.42 Å². The summed E-state index contributed by atoms with van der Waals surface area (Å²) in [6.45, 7) is 2.00. The largest absolute Gasteiger partial charge is 0.326 e. The van der Waals surface area contributed by atoms with E-state index in [1.165, 1.54) is 11.5 Å². The third-order valence-electron chi connectivity index (χ3n) is 4.08. The van der Waals surface area contributed by atoms with Gasteiger partial charge >= 0.3 is 0 Å². The van der Waals surface area contributed by atoms with Crippen LogP contribution in [0.4, 0.5) is 5.69 Å². The number of amides is 1. The highest BCUT2D eigenvalue weighted by Gasteiger charge is 2.61. The maximum atomic E-state index is 12.1. The molecule has 1 saturated heterocycles. The Kier molecular flexibility index (Phi) is 2.05. The Morgan fingerprint density at radius 2 is 2.39 bits per heavy atom. The zero-order chi connectivity index (χ0) is 12.2. The molecule has 1 atom stereocenters. The summed E-state index contributed by atoms with van der Waals surface area (Å²) in [5, 5.41) is 7.36. The van der Waals surface area contributed by atoms with Crippen molar-refractivity contribution >= 4 is 33.2 Å². The Bertz CT molecular complexity index is 632. The maximum Gasteiger partial charge on any atom is 0.228 e. The molecule has 1 saturated carbocycles. The molecule has 4 nitrogen and oxygen atoms in total. The van der Waals surface area contributed by atoms with Crippen LogP contribution in [0.15, 0.2) is 24.4 Å². The van der Waals surface area contributed by atoms with Gasteiger partial charge in [0, 0.05) is 41.7 Å². The fourth-order valence-electron chi connectivity index (χ4n) is 2.73. The van der Waals surface area contributed by atoms with Gasteiger partial charge in [-0.05, 0) is 36.2 Å². The van der Waals surface area contributed by atoms with E-state index >= 15 is 0 Å². The molecule has 2 N–H and O–H groups in total. The molecular weight excluding hydrogens is 246 g/mol. The molecule has 4 rings (SSSR count). The lowest BCUT2D eigenvalue weighted by Crippen LogP contribution is -2.46. The van der Waals surface area contributed by atoms with Crippen LogP contribution in [-0.2, 0) is 4.79 Å². The van der Waals surface area contributed by atoms with Gasteiger partial charge in [-0.15, -0.1) is 0 Å². The molecule has 1 aliphatic heterocycles. The number of carbonyl (C=O) groups excluding carboxylic acids is 1. The molecule has 2 fully saturated rings. The number of fused-ring (bicyclic) bond motifs is 1. The number of nitrogens with zero attached hydrogens (tertiary/aromatic N) is 1. The Labute approximate surface area is 109 Å². The molecule has 2 aromatic rings. The van der Waals surface area contributed by atoms with Gasteiger partial charge in [0.2, 0.25) is 5.91 Å². The monoisotopic (exact) mass is 259 g/mol. The summed E-state index contributed by atoms with van der Waals surface area (Å²) < 4.78 is 5.29. The average molecular weight is 259 g/mol. The fraction of sp³-hybridized carbons (Fsp3) is 0.385. The van der Waals surface area contributed by atoms with Gasteiger partial charge in [-0.2, -0.15) is 4.37 Å². The van der Waals surface area contributed by atoms with E-state index in [-0.39, 0.29) is 17.2 Å². The highest BCUT2D eigenvalue weighted by atomic mass is 32.1. The van der Waals surface area contributed by atoms with E-state index in [1.807, 2.05) is 24.4 Å². The topological polar surface area (TPSA) is 54.0 Å². The molecule has 1 aliphatic carbocycles. The van der Waals surface area contributed by atoms with Crippen molar-refractivity contribution in [2.45, 2.75) is 6.42 Å². The first kappa shape index (κ1) is 10.5. The summed E-state index contributed by atoms with van der Waals surface area (Å²) in [6, 6.07) is 5.95. The van der Waals surface area contributed by atoms with Crippen molar-refractivity contribution in [3.8, 4) is 0 Å². The van der Waals surface area contributed by atoms with Crippen molar-refractivity contribution in [3.05, 3.63) is 24.4 Å². The third-order valence-corrected chi connectivity index (χ3v) is 4.86. The van der Waals surface area contributed by atoms with Gasteiger partial charge in [0.05, 0.1) is 4.70 Å². The van der Waals surface area contributed by atoms with Crippen LogP contribution in [-0.4, -0.2) is 23.4 Å². The highest BCUT2D eigenvalue weighted by molar-refractivity contribution is 7.13. The molecule has 1 unspecified atom stereocenters. The summed E-state index contributed by atoms with van der Waals surface area (Å²) in [7, 11) is 0. The van der Waals surface area contributed by atoms with E-state index in [0.29, 0.717) is 0 Å². The third kappa shape index (κ3) is 1.47. The number of benzene rings is 1. The van der Waals surface area contributed by atoms with E-state index in [0.717, 1.165) is 35.3 Å². The minimum atomic E-state index is 0.166. The lowest BCUT2D eigenvalue weighted by atomic mass is 9.96. The summed E-state index contributed by atoms with van der Waals surface area (Å²) in [6.07, 6.45) is 2.87. The van der Waals surface area contributed by atoms with Gasteiger partial charge in [-0.25, -0.2) is 0 Å². The Morgan fingerprint density at radius 1 is 1.50 bits per heavy atom. The number of hydrogen-bond acceptors (Lipinski definition) is 4. The van der Waals surface area contributed by atoms with Crippen molar-refractivity contribution in [1.82, 2.24) is 9.69 Å². The SMILES string of the molecule is O=C(Nc1ccc2sncc2c1)C1CC12CNC2. The van der Waals surface area contributed by atoms with E-state index < -0.39 is 0 Å². The molecule has 0 radical (unpaired) electrons. The summed E-state index contributed by atoms with van der Waals surface area (Å²) in [5.41, 5.74) is 1.17. The number of rotatable bonds is 2. The number of hydrogen-bond donors (Lipinski definition) is 2.